The summed E-state index contributed by atoms with van der Waals surface area (Å²) in [6, 6.07) is -0.591. The molecule has 1 aliphatic rings. The summed E-state index contributed by atoms with van der Waals surface area (Å²) < 4.78 is 0. The number of thiazole rings is 1. The fourth-order valence-corrected chi connectivity index (χ4v) is 3.04. The highest BCUT2D eigenvalue weighted by molar-refractivity contribution is 7.09. The summed E-state index contributed by atoms with van der Waals surface area (Å²) in [5.74, 6) is -0.00778. The van der Waals surface area contributed by atoms with Gasteiger partial charge in [-0.25, -0.2) is 9.78 Å². The largest absolute Gasteiger partial charge is 0.338 e. The van der Waals surface area contributed by atoms with Crippen LogP contribution in [0, 0.1) is 0 Å². The SMILES string of the molecule is CC(NC(=O)NCc1nccs1)C(=O)N1CCCCC1C. The van der Waals surface area contributed by atoms with Crippen LogP contribution in [0.15, 0.2) is 11.6 Å². The van der Waals surface area contributed by atoms with Gasteiger partial charge in [0.25, 0.3) is 0 Å². The van der Waals surface area contributed by atoms with Crippen LogP contribution >= 0.6 is 11.3 Å². The van der Waals surface area contributed by atoms with Crippen LogP contribution in [-0.4, -0.2) is 40.5 Å². The van der Waals surface area contributed by atoms with Crippen molar-refractivity contribution in [3.05, 3.63) is 16.6 Å². The van der Waals surface area contributed by atoms with Gasteiger partial charge in [-0.1, -0.05) is 0 Å². The van der Waals surface area contributed by atoms with Crippen molar-refractivity contribution < 1.29 is 9.59 Å². The van der Waals surface area contributed by atoms with Gasteiger partial charge in [-0.15, -0.1) is 11.3 Å². The number of rotatable bonds is 4. The summed E-state index contributed by atoms with van der Waals surface area (Å²) in [5, 5.41) is 8.11. The smallest absolute Gasteiger partial charge is 0.315 e. The summed E-state index contributed by atoms with van der Waals surface area (Å²) in [7, 11) is 0. The highest BCUT2D eigenvalue weighted by Gasteiger charge is 2.27. The molecule has 7 heteroatoms. The number of nitrogens with zero attached hydrogens (tertiary/aromatic N) is 2. The van der Waals surface area contributed by atoms with Gasteiger partial charge in [-0.2, -0.15) is 0 Å². The van der Waals surface area contributed by atoms with Crippen molar-refractivity contribution in [2.45, 2.75) is 51.7 Å². The molecule has 2 atom stereocenters. The topological polar surface area (TPSA) is 74.3 Å². The second-order valence-electron chi connectivity index (χ2n) is 5.35. The van der Waals surface area contributed by atoms with Gasteiger partial charge in [0.1, 0.15) is 11.0 Å². The van der Waals surface area contributed by atoms with Crippen LogP contribution in [0.4, 0.5) is 4.79 Å². The maximum atomic E-state index is 12.4. The second kappa shape index (κ2) is 7.40. The minimum absolute atomic E-state index is 0.00778. The first-order valence-electron chi connectivity index (χ1n) is 7.31. The number of nitrogens with one attached hydrogen (secondary N) is 2. The number of hydrogen-bond acceptors (Lipinski definition) is 4. The summed E-state index contributed by atoms with van der Waals surface area (Å²) in [4.78, 5) is 30.1. The zero-order valence-corrected chi connectivity index (χ0v) is 13.3. The molecule has 2 N–H and O–H groups in total. The first-order valence-corrected chi connectivity index (χ1v) is 8.19. The van der Waals surface area contributed by atoms with E-state index in [1.807, 2.05) is 10.3 Å². The van der Waals surface area contributed by atoms with Gasteiger partial charge in [0.05, 0.1) is 6.54 Å². The Labute approximate surface area is 128 Å². The number of hydrogen-bond donors (Lipinski definition) is 2. The number of urea groups is 1. The molecule has 21 heavy (non-hydrogen) atoms. The quantitative estimate of drug-likeness (QED) is 0.889. The van der Waals surface area contributed by atoms with E-state index in [0.717, 1.165) is 24.4 Å². The maximum absolute atomic E-state index is 12.4. The van der Waals surface area contributed by atoms with Gasteiger partial charge in [-0.3, -0.25) is 4.79 Å². The Morgan fingerprint density at radius 2 is 2.33 bits per heavy atom. The van der Waals surface area contributed by atoms with E-state index in [-0.39, 0.29) is 18.0 Å². The van der Waals surface area contributed by atoms with Gasteiger partial charge in [0, 0.05) is 24.2 Å². The zero-order chi connectivity index (χ0) is 15.2. The lowest BCUT2D eigenvalue weighted by Gasteiger charge is -2.35. The van der Waals surface area contributed by atoms with E-state index in [1.165, 1.54) is 17.8 Å². The third-order valence-electron chi connectivity index (χ3n) is 3.69. The predicted molar refractivity (Wildman–Crippen MR) is 82.0 cm³/mol. The normalized spacial score (nSPS) is 19.9. The molecule has 0 aromatic carbocycles. The van der Waals surface area contributed by atoms with E-state index in [2.05, 4.69) is 22.5 Å². The highest BCUT2D eigenvalue weighted by atomic mass is 32.1. The molecule has 6 nitrogen and oxygen atoms in total. The van der Waals surface area contributed by atoms with E-state index in [0.29, 0.717) is 6.54 Å². The van der Waals surface area contributed by atoms with Crippen LogP contribution < -0.4 is 10.6 Å². The van der Waals surface area contributed by atoms with Gasteiger partial charge >= 0.3 is 6.03 Å². The molecule has 0 aliphatic carbocycles. The summed E-state index contributed by atoms with van der Waals surface area (Å²) >= 11 is 1.48. The summed E-state index contributed by atoms with van der Waals surface area (Å²) in [6.45, 7) is 4.95. The summed E-state index contributed by atoms with van der Waals surface area (Å²) in [5.41, 5.74) is 0. The number of carbonyl (C=O) groups excluding carboxylic acids is 2. The standard InChI is InChI=1S/C14H22N4O2S/c1-10-5-3-4-7-18(10)13(19)11(2)17-14(20)16-9-12-15-6-8-21-12/h6,8,10-11H,3-5,7,9H2,1-2H3,(H2,16,17,20). The van der Waals surface area contributed by atoms with E-state index in [1.54, 1.807) is 13.1 Å². The molecule has 0 saturated carbocycles. The van der Waals surface area contributed by atoms with E-state index < -0.39 is 6.04 Å². The summed E-state index contributed by atoms with van der Waals surface area (Å²) in [6.07, 6.45) is 4.94. The molecule has 1 saturated heterocycles. The molecule has 2 unspecified atom stereocenters. The molecule has 2 rings (SSSR count). The average Bonchev–Trinajstić information content (AvgIpc) is 2.98. The number of amides is 3. The molecule has 1 aliphatic heterocycles. The van der Waals surface area contributed by atoms with Crippen LogP contribution in [0.2, 0.25) is 0 Å². The van der Waals surface area contributed by atoms with Crippen molar-refractivity contribution in [2.75, 3.05) is 6.54 Å². The minimum Gasteiger partial charge on any atom is -0.338 e. The first-order chi connectivity index (χ1) is 10.1. The molecule has 116 valence electrons. The van der Waals surface area contributed by atoms with Crippen molar-refractivity contribution in [1.29, 1.82) is 0 Å². The second-order valence-corrected chi connectivity index (χ2v) is 6.33. The molecule has 3 amide bonds. The molecular formula is C14H22N4O2S. The first kappa shape index (κ1) is 15.8. The van der Waals surface area contributed by atoms with E-state index in [9.17, 15) is 9.59 Å². The number of aromatic nitrogens is 1. The van der Waals surface area contributed by atoms with Crippen LogP contribution in [0.1, 0.15) is 38.1 Å². The monoisotopic (exact) mass is 310 g/mol. The van der Waals surface area contributed by atoms with Crippen LogP contribution in [-0.2, 0) is 11.3 Å². The van der Waals surface area contributed by atoms with Crippen molar-refractivity contribution >= 4 is 23.3 Å². The van der Waals surface area contributed by atoms with E-state index in [4.69, 9.17) is 0 Å². The Kier molecular flexibility index (Phi) is 5.55. The molecule has 0 bridgehead atoms. The van der Waals surface area contributed by atoms with Crippen molar-refractivity contribution in [3.63, 3.8) is 0 Å². The average molecular weight is 310 g/mol. The highest BCUT2D eigenvalue weighted by Crippen LogP contribution is 2.17. The Balaban J connectivity index is 1.78. The number of piperidine rings is 1. The lowest BCUT2D eigenvalue weighted by molar-refractivity contribution is -0.136. The fraction of sp³-hybridized carbons (Fsp3) is 0.643. The van der Waals surface area contributed by atoms with Crippen LogP contribution in [0.3, 0.4) is 0 Å². The predicted octanol–water partition coefficient (Wildman–Crippen LogP) is 1.73. The Morgan fingerprint density at radius 3 is 3.00 bits per heavy atom. The third kappa shape index (κ3) is 4.42. The third-order valence-corrected chi connectivity index (χ3v) is 4.47. The van der Waals surface area contributed by atoms with Gasteiger partial charge in [0.2, 0.25) is 5.91 Å². The molecule has 0 radical (unpaired) electrons. The Morgan fingerprint density at radius 1 is 1.52 bits per heavy atom. The number of carbonyl (C=O) groups is 2. The van der Waals surface area contributed by atoms with Crippen molar-refractivity contribution in [2.24, 2.45) is 0 Å². The van der Waals surface area contributed by atoms with Gasteiger partial charge in [-0.05, 0) is 33.1 Å². The Bertz CT molecular complexity index is 477. The zero-order valence-electron chi connectivity index (χ0n) is 12.5. The maximum Gasteiger partial charge on any atom is 0.315 e. The molecule has 1 aromatic rings. The molecule has 2 heterocycles. The van der Waals surface area contributed by atoms with Crippen LogP contribution in [0.5, 0.6) is 0 Å². The van der Waals surface area contributed by atoms with Crippen molar-refractivity contribution in [1.82, 2.24) is 20.5 Å². The van der Waals surface area contributed by atoms with Gasteiger partial charge in [0.15, 0.2) is 0 Å². The number of likely N-dealkylation sites (tertiary alicyclic amines) is 1. The molecule has 0 spiro atoms. The molecular weight excluding hydrogens is 288 g/mol. The lowest BCUT2D eigenvalue weighted by Crippen LogP contribution is -2.53. The minimum atomic E-state index is -0.512. The van der Waals surface area contributed by atoms with E-state index >= 15 is 0 Å². The molecule has 1 aromatic heterocycles. The van der Waals surface area contributed by atoms with Gasteiger partial charge < -0.3 is 15.5 Å². The lowest BCUT2D eigenvalue weighted by atomic mass is 10.0. The fourth-order valence-electron chi connectivity index (χ4n) is 2.48. The van der Waals surface area contributed by atoms with Crippen LogP contribution in [0.25, 0.3) is 0 Å². The van der Waals surface area contributed by atoms with Crippen molar-refractivity contribution in [3.8, 4) is 0 Å². The Hall–Kier alpha value is -1.63. The molecule has 1 fully saturated rings.